The lowest BCUT2D eigenvalue weighted by Crippen LogP contribution is -2.23. The standard InChI is InChI=1S/C35H26N4O11S2/c40-29-15-23-13-27(11-5-21(23)17-31(29)51(45,46)47)36-33(42)19-1-7-25(8-2-19)38-35(44)39-26-9-3-20(4-10-26)34(43)37-28-12-6-22-18-32(52(48,49)50)30(41)16-24(22)14-28/h1-14,17-18,21-22H,15-16H2,(H2,38,39,44)(H,45,46,47)(H,48,49,50). The van der Waals surface area contributed by atoms with Gasteiger partial charge in [-0.3, -0.25) is 28.3 Å². The van der Waals surface area contributed by atoms with E-state index in [4.69, 9.17) is 0 Å². The van der Waals surface area contributed by atoms with E-state index < -0.39 is 71.3 Å². The molecule has 0 spiro atoms. The van der Waals surface area contributed by atoms with Crippen LogP contribution in [0.15, 0.2) is 128 Å². The van der Waals surface area contributed by atoms with Crippen molar-refractivity contribution in [2.75, 3.05) is 10.6 Å². The summed E-state index contributed by atoms with van der Waals surface area (Å²) >= 11 is 0. The molecule has 2 aromatic rings. The van der Waals surface area contributed by atoms with E-state index in [1.807, 2.05) is 0 Å². The van der Waals surface area contributed by atoms with Crippen molar-refractivity contribution in [3.8, 4) is 0 Å². The number of nitrogens with one attached hydrogen (secondary N) is 2. The lowest BCUT2D eigenvalue weighted by Gasteiger charge is -2.22. The third-order valence-corrected chi connectivity index (χ3v) is 10.0. The molecule has 264 valence electrons. The van der Waals surface area contributed by atoms with Crippen LogP contribution < -0.4 is 10.6 Å². The highest BCUT2D eigenvalue weighted by Gasteiger charge is 2.33. The summed E-state index contributed by atoms with van der Waals surface area (Å²) in [6, 6.07) is 11.2. The predicted molar refractivity (Wildman–Crippen MR) is 189 cm³/mol. The number of amides is 4. The Kier molecular flexibility index (Phi) is 9.61. The topological polar surface area (TPSA) is 243 Å². The second-order valence-electron chi connectivity index (χ2n) is 11.8. The van der Waals surface area contributed by atoms with Gasteiger partial charge < -0.3 is 10.6 Å². The number of fused-ring (bicyclic) bond motifs is 2. The molecule has 0 radical (unpaired) electrons. The first-order valence-electron chi connectivity index (χ1n) is 15.3. The normalized spacial score (nSPS) is 21.3. The number of benzene rings is 2. The molecule has 4 N–H and O–H groups in total. The van der Waals surface area contributed by atoms with Crippen LogP contribution >= 0.6 is 0 Å². The van der Waals surface area contributed by atoms with Crippen molar-refractivity contribution in [1.29, 1.82) is 0 Å². The van der Waals surface area contributed by atoms with Crippen molar-refractivity contribution in [2.45, 2.75) is 12.8 Å². The van der Waals surface area contributed by atoms with E-state index in [0.29, 0.717) is 22.5 Å². The zero-order valence-corrected chi connectivity index (χ0v) is 28.2. The summed E-state index contributed by atoms with van der Waals surface area (Å²) in [6.45, 7) is 0. The van der Waals surface area contributed by atoms with Crippen LogP contribution in [-0.4, -0.2) is 66.8 Å². The Morgan fingerprint density at radius 3 is 1.33 bits per heavy atom. The van der Waals surface area contributed by atoms with Crippen LogP contribution in [0.3, 0.4) is 0 Å². The summed E-state index contributed by atoms with van der Waals surface area (Å²) in [5.41, 5.74) is 2.69. The molecule has 2 unspecified atom stereocenters. The molecule has 0 aliphatic heterocycles. The van der Waals surface area contributed by atoms with Crippen LogP contribution in [0.1, 0.15) is 33.6 Å². The number of Topliss-reactive ketones (excluding diaryl/α,β-unsaturated/α-hetero) is 2. The fourth-order valence-corrected chi connectivity index (χ4v) is 7.05. The number of rotatable bonds is 6. The van der Waals surface area contributed by atoms with Gasteiger partial charge in [0.25, 0.3) is 32.1 Å². The fraction of sp³-hybridized carbons (Fsp3) is 0.114. The molecule has 17 heteroatoms. The second-order valence-corrected chi connectivity index (χ2v) is 14.6. The van der Waals surface area contributed by atoms with Gasteiger partial charge in [0, 0.05) is 47.2 Å². The molecule has 4 amide bonds. The molecule has 2 atom stereocenters. The van der Waals surface area contributed by atoms with Crippen molar-refractivity contribution in [1.82, 2.24) is 0 Å². The molecular weight excluding hydrogens is 717 g/mol. The molecule has 0 aromatic heterocycles. The van der Waals surface area contributed by atoms with Crippen molar-refractivity contribution in [3.63, 3.8) is 0 Å². The maximum atomic E-state index is 12.8. The van der Waals surface area contributed by atoms with Gasteiger partial charge in [-0.05, 0) is 96.1 Å². The Labute approximate surface area is 296 Å². The third-order valence-electron chi connectivity index (χ3n) is 8.21. The summed E-state index contributed by atoms with van der Waals surface area (Å²) in [7, 11) is -9.29. The van der Waals surface area contributed by atoms with Crippen LogP contribution in [0.4, 0.5) is 16.2 Å². The molecule has 0 bridgehead atoms. The highest BCUT2D eigenvalue weighted by molar-refractivity contribution is 7.91. The van der Waals surface area contributed by atoms with Crippen LogP contribution in [0, 0.1) is 11.8 Å². The Morgan fingerprint density at radius 2 is 0.981 bits per heavy atom. The molecule has 0 fully saturated rings. The molecule has 0 saturated heterocycles. The summed E-state index contributed by atoms with van der Waals surface area (Å²) < 4.78 is 64.2. The number of anilines is 2. The van der Waals surface area contributed by atoms with Gasteiger partial charge in [-0.15, -0.1) is 0 Å². The minimum absolute atomic E-state index is 0.208. The zero-order chi connectivity index (χ0) is 37.4. The molecule has 0 saturated carbocycles. The maximum Gasteiger partial charge on any atom is 0.323 e. The first-order chi connectivity index (χ1) is 24.5. The smallest absolute Gasteiger partial charge is 0.308 e. The number of carbonyl (C=O) groups is 5. The number of hydrogen-bond acceptors (Lipinski definition) is 9. The highest BCUT2D eigenvalue weighted by atomic mass is 32.2. The summed E-state index contributed by atoms with van der Waals surface area (Å²) in [5, 5.41) is 5.24. The summed E-state index contributed by atoms with van der Waals surface area (Å²) in [5.74, 6) is -3.79. The van der Waals surface area contributed by atoms with E-state index in [-0.39, 0.29) is 35.4 Å². The Bertz CT molecular complexity index is 2260. The molecule has 4 aliphatic rings. The quantitative estimate of drug-likeness (QED) is 0.306. The zero-order valence-electron chi connectivity index (χ0n) is 26.6. The van der Waals surface area contributed by atoms with E-state index in [0.717, 1.165) is 12.2 Å². The van der Waals surface area contributed by atoms with Gasteiger partial charge in [-0.2, -0.15) is 16.8 Å². The van der Waals surface area contributed by atoms with Crippen molar-refractivity contribution < 1.29 is 49.9 Å². The van der Waals surface area contributed by atoms with Gasteiger partial charge in [0.1, 0.15) is 9.81 Å². The molecular formula is C35H26N4O11S2. The van der Waals surface area contributed by atoms with E-state index in [1.165, 1.54) is 72.8 Å². The summed E-state index contributed by atoms with van der Waals surface area (Å²) in [4.78, 5) is 69.2. The summed E-state index contributed by atoms with van der Waals surface area (Å²) in [6.07, 6.45) is 11.0. The van der Waals surface area contributed by atoms with Gasteiger partial charge in [-0.25, -0.2) is 14.8 Å². The first-order valence-corrected chi connectivity index (χ1v) is 18.2. The number of carbonyl (C=O) groups excluding carboxylic acids is 5. The maximum absolute atomic E-state index is 12.8. The largest absolute Gasteiger partial charge is 0.323 e. The van der Waals surface area contributed by atoms with E-state index in [9.17, 15) is 49.9 Å². The number of urea groups is 1. The Morgan fingerprint density at radius 1 is 0.615 bits per heavy atom. The molecule has 0 heterocycles. The fourth-order valence-electron chi connectivity index (χ4n) is 5.69. The van der Waals surface area contributed by atoms with Gasteiger partial charge >= 0.3 is 6.03 Å². The van der Waals surface area contributed by atoms with E-state index >= 15 is 0 Å². The minimum atomic E-state index is -4.64. The van der Waals surface area contributed by atoms with Crippen LogP contribution in [0.2, 0.25) is 0 Å². The lowest BCUT2D eigenvalue weighted by molar-refractivity contribution is -0.115. The monoisotopic (exact) mass is 742 g/mol. The molecule has 6 rings (SSSR count). The average Bonchev–Trinajstić information content (AvgIpc) is 3.07. The average molecular weight is 743 g/mol. The van der Waals surface area contributed by atoms with Crippen LogP contribution in [0.5, 0.6) is 0 Å². The van der Waals surface area contributed by atoms with Gasteiger partial charge in [0.05, 0.1) is 11.4 Å². The third kappa shape index (κ3) is 8.13. The molecule has 15 nitrogen and oxygen atoms in total. The first kappa shape index (κ1) is 35.8. The number of allylic oxidation sites excluding steroid dienone is 12. The molecule has 4 aliphatic carbocycles. The van der Waals surface area contributed by atoms with Crippen molar-refractivity contribution >= 4 is 72.4 Å². The van der Waals surface area contributed by atoms with Gasteiger partial charge in [0.2, 0.25) is 0 Å². The van der Waals surface area contributed by atoms with E-state index in [1.54, 1.807) is 12.2 Å². The van der Waals surface area contributed by atoms with Gasteiger partial charge in [-0.1, -0.05) is 12.2 Å². The van der Waals surface area contributed by atoms with Crippen LogP contribution in [0.25, 0.3) is 0 Å². The van der Waals surface area contributed by atoms with Crippen molar-refractivity contribution in [2.24, 2.45) is 21.8 Å². The minimum Gasteiger partial charge on any atom is -0.308 e. The van der Waals surface area contributed by atoms with Crippen LogP contribution in [-0.2, 0) is 29.8 Å². The number of aliphatic imine (C=N–C) groups is 2. The lowest BCUT2D eigenvalue weighted by atomic mass is 9.85. The second kappa shape index (κ2) is 14.0. The molecule has 2 aromatic carbocycles. The predicted octanol–water partition coefficient (Wildman–Crippen LogP) is 4.21. The van der Waals surface area contributed by atoms with E-state index in [2.05, 4.69) is 20.6 Å². The van der Waals surface area contributed by atoms with Crippen molar-refractivity contribution in [3.05, 3.63) is 129 Å². The number of nitrogens with zero attached hydrogens (tertiary/aromatic N) is 2. The van der Waals surface area contributed by atoms with Gasteiger partial charge in [0.15, 0.2) is 11.6 Å². The highest BCUT2D eigenvalue weighted by Crippen LogP contribution is 2.33. The Balaban J connectivity index is 1.03. The number of hydrogen-bond donors (Lipinski definition) is 4. The molecule has 52 heavy (non-hydrogen) atoms. The SMILES string of the molecule is O=C(Nc1ccc(C(=O)N=C2C=CC3C=C(S(=O)(=O)O)C(=O)CC3=C2)cc1)Nc1ccc(C(=O)N=C2C=CC3C=C(S(=O)(=O)O)C(=O)CC3=C2)cc1. The number of ketones is 2. The Hall–Kier alpha value is -6.01.